The molecule has 0 saturated carbocycles. The van der Waals surface area contributed by atoms with Gasteiger partial charge in [-0.05, 0) is 30.7 Å². The molecule has 0 amide bonds. The number of rotatable bonds is 4. The molecule has 3 rings (SSSR count). The summed E-state index contributed by atoms with van der Waals surface area (Å²) in [6, 6.07) is 15.3. The molecule has 0 aliphatic carbocycles. The lowest BCUT2D eigenvalue weighted by Crippen LogP contribution is -2.45. The fourth-order valence-corrected chi connectivity index (χ4v) is 3.57. The fraction of sp³-hybridized carbons (Fsp3) is 0.368. The number of piperazine rings is 1. The number of nitrogens with one attached hydrogen (secondary N) is 1. The maximum atomic E-state index is 5.65. The van der Waals surface area contributed by atoms with Crippen molar-refractivity contribution in [2.24, 2.45) is 0 Å². The second-order valence-corrected chi connectivity index (χ2v) is 6.90. The highest BCUT2D eigenvalue weighted by Gasteiger charge is 2.26. The van der Waals surface area contributed by atoms with Gasteiger partial charge >= 0.3 is 0 Å². The SMILES string of the molecule is COc1ccc(Br)cc1C(c1ccc(C)cc1)N1CCNCC1. The van der Waals surface area contributed by atoms with Gasteiger partial charge in [0.25, 0.3) is 0 Å². The van der Waals surface area contributed by atoms with Crippen molar-refractivity contribution in [1.29, 1.82) is 0 Å². The number of nitrogens with zero attached hydrogens (tertiary/aromatic N) is 1. The highest BCUT2D eigenvalue weighted by atomic mass is 79.9. The van der Waals surface area contributed by atoms with Gasteiger partial charge in [-0.1, -0.05) is 45.8 Å². The minimum atomic E-state index is 0.213. The molecule has 4 heteroatoms. The van der Waals surface area contributed by atoms with Crippen LogP contribution in [0.15, 0.2) is 46.9 Å². The molecular formula is C19H23BrN2O. The third kappa shape index (κ3) is 3.77. The molecule has 1 unspecified atom stereocenters. The quantitative estimate of drug-likeness (QED) is 0.881. The van der Waals surface area contributed by atoms with Crippen LogP contribution in [-0.2, 0) is 0 Å². The molecule has 0 bridgehead atoms. The number of methoxy groups -OCH3 is 1. The number of aryl methyl sites for hydroxylation is 1. The van der Waals surface area contributed by atoms with Gasteiger partial charge < -0.3 is 10.1 Å². The second kappa shape index (κ2) is 7.47. The smallest absolute Gasteiger partial charge is 0.124 e. The van der Waals surface area contributed by atoms with Crippen LogP contribution in [0.25, 0.3) is 0 Å². The van der Waals surface area contributed by atoms with Crippen molar-refractivity contribution in [2.45, 2.75) is 13.0 Å². The van der Waals surface area contributed by atoms with E-state index in [1.54, 1.807) is 7.11 Å². The minimum Gasteiger partial charge on any atom is -0.496 e. The van der Waals surface area contributed by atoms with Crippen LogP contribution in [0.2, 0.25) is 0 Å². The lowest BCUT2D eigenvalue weighted by Gasteiger charge is -2.36. The van der Waals surface area contributed by atoms with E-state index in [2.05, 4.69) is 63.4 Å². The van der Waals surface area contributed by atoms with Gasteiger partial charge in [0.15, 0.2) is 0 Å². The molecule has 1 aliphatic rings. The van der Waals surface area contributed by atoms with Crippen molar-refractivity contribution in [3.05, 3.63) is 63.6 Å². The summed E-state index contributed by atoms with van der Waals surface area (Å²) < 4.78 is 6.74. The van der Waals surface area contributed by atoms with Crippen molar-refractivity contribution in [3.8, 4) is 5.75 Å². The van der Waals surface area contributed by atoms with Crippen molar-refractivity contribution < 1.29 is 4.74 Å². The Kier molecular flexibility index (Phi) is 5.36. The zero-order valence-corrected chi connectivity index (χ0v) is 15.3. The summed E-state index contributed by atoms with van der Waals surface area (Å²) in [5.41, 5.74) is 3.82. The summed E-state index contributed by atoms with van der Waals surface area (Å²) in [7, 11) is 1.75. The topological polar surface area (TPSA) is 24.5 Å². The van der Waals surface area contributed by atoms with Gasteiger partial charge in [-0.15, -0.1) is 0 Å². The second-order valence-electron chi connectivity index (χ2n) is 5.99. The first-order valence-electron chi connectivity index (χ1n) is 8.04. The summed E-state index contributed by atoms with van der Waals surface area (Å²) in [5, 5.41) is 3.44. The van der Waals surface area contributed by atoms with Crippen LogP contribution in [0.4, 0.5) is 0 Å². The number of hydrogen-bond acceptors (Lipinski definition) is 3. The van der Waals surface area contributed by atoms with E-state index in [1.807, 2.05) is 12.1 Å². The third-order valence-corrected chi connectivity index (χ3v) is 4.89. The molecule has 2 aromatic rings. The Labute approximate surface area is 146 Å². The van der Waals surface area contributed by atoms with Crippen LogP contribution in [0.3, 0.4) is 0 Å². The van der Waals surface area contributed by atoms with Gasteiger partial charge in [0.05, 0.1) is 13.2 Å². The summed E-state index contributed by atoms with van der Waals surface area (Å²) in [6.07, 6.45) is 0. The van der Waals surface area contributed by atoms with E-state index >= 15 is 0 Å². The predicted octanol–water partition coefficient (Wildman–Crippen LogP) is 3.76. The number of benzene rings is 2. The molecule has 23 heavy (non-hydrogen) atoms. The van der Waals surface area contributed by atoms with Gasteiger partial charge in [0, 0.05) is 36.2 Å². The van der Waals surface area contributed by atoms with E-state index in [1.165, 1.54) is 16.7 Å². The van der Waals surface area contributed by atoms with Gasteiger partial charge in [-0.25, -0.2) is 0 Å². The zero-order chi connectivity index (χ0) is 16.2. The van der Waals surface area contributed by atoms with Crippen LogP contribution >= 0.6 is 15.9 Å². The monoisotopic (exact) mass is 374 g/mol. The van der Waals surface area contributed by atoms with Gasteiger partial charge in [-0.2, -0.15) is 0 Å². The molecule has 3 nitrogen and oxygen atoms in total. The normalized spacial score (nSPS) is 17.0. The average molecular weight is 375 g/mol. The van der Waals surface area contributed by atoms with Gasteiger partial charge in [0.1, 0.15) is 5.75 Å². The molecule has 122 valence electrons. The van der Waals surface area contributed by atoms with Crippen LogP contribution in [0.5, 0.6) is 5.75 Å². The zero-order valence-electron chi connectivity index (χ0n) is 13.7. The summed E-state index contributed by atoms with van der Waals surface area (Å²) >= 11 is 3.62. The molecule has 1 atom stereocenters. The first kappa shape index (κ1) is 16.5. The summed E-state index contributed by atoms with van der Waals surface area (Å²) in [6.45, 7) is 6.25. The third-order valence-electron chi connectivity index (χ3n) is 4.40. The number of ether oxygens (including phenoxy) is 1. The van der Waals surface area contributed by atoms with E-state index < -0.39 is 0 Å². The van der Waals surface area contributed by atoms with Crippen LogP contribution in [-0.4, -0.2) is 38.2 Å². The van der Waals surface area contributed by atoms with E-state index in [9.17, 15) is 0 Å². The molecule has 1 aliphatic heterocycles. The molecule has 0 spiro atoms. The predicted molar refractivity (Wildman–Crippen MR) is 98.2 cm³/mol. The van der Waals surface area contributed by atoms with Crippen LogP contribution in [0, 0.1) is 6.92 Å². The molecule has 1 fully saturated rings. The molecule has 0 radical (unpaired) electrons. The molecule has 0 aromatic heterocycles. The fourth-order valence-electron chi connectivity index (χ4n) is 3.20. The van der Waals surface area contributed by atoms with E-state index in [4.69, 9.17) is 4.74 Å². The molecule has 1 saturated heterocycles. The maximum Gasteiger partial charge on any atom is 0.124 e. The molecule has 1 heterocycles. The van der Waals surface area contributed by atoms with Gasteiger partial charge in [0.2, 0.25) is 0 Å². The first-order chi connectivity index (χ1) is 11.2. The Morgan fingerprint density at radius 1 is 1.09 bits per heavy atom. The van der Waals surface area contributed by atoms with Crippen LogP contribution < -0.4 is 10.1 Å². The van der Waals surface area contributed by atoms with Gasteiger partial charge in [-0.3, -0.25) is 4.90 Å². The van der Waals surface area contributed by atoms with E-state index in [-0.39, 0.29) is 6.04 Å². The standard InChI is InChI=1S/C19H23BrN2O/c1-14-3-5-15(6-4-14)19(22-11-9-21-10-12-22)17-13-16(20)7-8-18(17)23-2/h3-8,13,19,21H,9-12H2,1-2H3. The lowest BCUT2D eigenvalue weighted by molar-refractivity contribution is 0.195. The Balaban J connectivity index is 2.07. The molecular weight excluding hydrogens is 352 g/mol. The van der Waals surface area contributed by atoms with Crippen molar-refractivity contribution in [1.82, 2.24) is 10.2 Å². The first-order valence-corrected chi connectivity index (χ1v) is 8.83. The average Bonchev–Trinajstić information content (AvgIpc) is 2.58. The lowest BCUT2D eigenvalue weighted by atomic mass is 9.95. The number of hydrogen-bond donors (Lipinski definition) is 1. The Hall–Kier alpha value is -1.36. The van der Waals surface area contributed by atoms with E-state index in [0.717, 1.165) is 36.4 Å². The van der Waals surface area contributed by atoms with Crippen molar-refractivity contribution in [2.75, 3.05) is 33.3 Å². The van der Waals surface area contributed by atoms with Crippen molar-refractivity contribution >= 4 is 15.9 Å². The maximum absolute atomic E-state index is 5.65. The Bertz CT molecular complexity index is 651. The number of halogens is 1. The Morgan fingerprint density at radius 3 is 2.43 bits per heavy atom. The van der Waals surface area contributed by atoms with Crippen molar-refractivity contribution in [3.63, 3.8) is 0 Å². The summed E-state index contributed by atoms with van der Waals surface area (Å²) in [5.74, 6) is 0.942. The highest BCUT2D eigenvalue weighted by molar-refractivity contribution is 9.10. The van der Waals surface area contributed by atoms with E-state index in [0.29, 0.717) is 0 Å². The van der Waals surface area contributed by atoms with Crippen LogP contribution in [0.1, 0.15) is 22.7 Å². The highest BCUT2D eigenvalue weighted by Crippen LogP contribution is 2.36. The molecule has 1 N–H and O–H groups in total. The largest absolute Gasteiger partial charge is 0.496 e. The minimum absolute atomic E-state index is 0.213. The molecule has 2 aromatic carbocycles. The summed E-state index contributed by atoms with van der Waals surface area (Å²) in [4.78, 5) is 2.53. The Morgan fingerprint density at radius 2 is 1.78 bits per heavy atom.